The summed E-state index contributed by atoms with van der Waals surface area (Å²) >= 11 is 0. The summed E-state index contributed by atoms with van der Waals surface area (Å²) in [6, 6.07) is 13.3. The number of nitro groups is 1. The first-order valence-electron chi connectivity index (χ1n) is 9.02. The SMILES string of the molecule is COCCCN1C(=O)C(=O)/C(=C(\O)c2ccccc2)C1c1ccc([N+](=O)[O-])cc1. The number of Topliss-reactive ketones (excluding diaryl/α,β-unsaturated/α-hetero) is 1. The average molecular weight is 396 g/mol. The normalized spacial score (nSPS) is 18.2. The van der Waals surface area contributed by atoms with Crippen molar-refractivity contribution in [2.75, 3.05) is 20.3 Å². The third-order valence-corrected chi connectivity index (χ3v) is 4.75. The van der Waals surface area contributed by atoms with Gasteiger partial charge in [-0.3, -0.25) is 19.7 Å². The number of amides is 1. The molecule has 1 aliphatic heterocycles. The molecule has 3 rings (SSSR count). The van der Waals surface area contributed by atoms with Crippen LogP contribution < -0.4 is 0 Å². The van der Waals surface area contributed by atoms with Crippen molar-refractivity contribution in [3.8, 4) is 0 Å². The summed E-state index contributed by atoms with van der Waals surface area (Å²) in [6.45, 7) is 0.639. The Labute approximate surface area is 167 Å². The molecule has 1 atom stereocenters. The minimum Gasteiger partial charge on any atom is -0.507 e. The van der Waals surface area contributed by atoms with E-state index in [0.717, 1.165) is 0 Å². The molecule has 0 saturated carbocycles. The van der Waals surface area contributed by atoms with E-state index in [4.69, 9.17) is 4.74 Å². The fourth-order valence-electron chi connectivity index (χ4n) is 3.37. The fourth-order valence-corrected chi connectivity index (χ4v) is 3.37. The van der Waals surface area contributed by atoms with E-state index >= 15 is 0 Å². The van der Waals surface area contributed by atoms with Gasteiger partial charge >= 0.3 is 0 Å². The zero-order chi connectivity index (χ0) is 21.0. The number of nitrogens with zero attached hydrogens (tertiary/aromatic N) is 2. The number of non-ortho nitro benzene ring substituents is 1. The summed E-state index contributed by atoms with van der Waals surface area (Å²) in [5, 5.41) is 21.8. The predicted molar refractivity (Wildman–Crippen MR) is 105 cm³/mol. The van der Waals surface area contributed by atoms with Crippen LogP contribution in [0.25, 0.3) is 5.76 Å². The van der Waals surface area contributed by atoms with Crippen molar-refractivity contribution in [1.29, 1.82) is 0 Å². The van der Waals surface area contributed by atoms with E-state index in [1.807, 2.05) is 0 Å². The molecule has 8 heteroatoms. The van der Waals surface area contributed by atoms with Crippen molar-refractivity contribution in [1.82, 2.24) is 4.90 Å². The van der Waals surface area contributed by atoms with Gasteiger partial charge in [-0.15, -0.1) is 0 Å². The van der Waals surface area contributed by atoms with Gasteiger partial charge < -0.3 is 14.7 Å². The fraction of sp³-hybridized carbons (Fsp3) is 0.238. The minimum absolute atomic E-state index is 0.0348. The zero-order valence-electron chi connectivity index (χ0n) is 15.8. The van der Waals surface area contributed by atoms with Crippen LogP contribution in [0.1, 0.15) is 23.6 Å². The van der Waals surface area contributed by atoms with E-state index in [2.05, 4.69) is 0 Å². The number of benzene rings is 2. The Morgan fingerprint density at radius 3 is 2.38 bits per heavy atom. The molecule has 0 spiro atoms. The van der Waals surface area contributed by atoms with E-state index in [1.165, 1.54) is 36.3 Å². The van der Waals surface area contributed by atoms with Crippen molar-refractivity contribution in [2.45, 2.75) is 12.5 Å². The quantitative estimate of drug-likeness (QED) is 0.192. The number of carbonyl (C=O) groups is 2. The number of nitro benzene ring substituents is 1. The highest BCUT2D eigenvalue weighted by Gasteiger charge is 2.45. The Morgan fingerprint density at radius 2 is 1.79 bits per heavy atom. The number of ether oxygens (including phenoxy) is 1. The molecule has 0 aliphatic carbocycles. The summed E-state index contributed by atoms with van der Waals surface area (Å²) in [5.74, 6) is -1.78. The first kappa shape index (κ1) is 20.2. The number of aliphatic hydroxyl groups is 1. The summed E-state index contributed by atoms with van der Waals surface area (Å²) in [4.78, 5) is 37.3. The van der Waals surface area contributed by atoms with Crippen molar-refractivity contribution in [3.05, 3.63) is 81.4 Å². The lowest BCUT2D eigenvalue weighted by molar-refractivity contribution is -0.384. The van der Waals surface area contributed by atoms with E-state index in [9.17, 15) is 24.8 Å². The van der Waals surface area contributed by atoms with Gasteiger partial charge in [0.2, 0.25) is 0 Å². The molecular formula is C21H20N2O6. The van der Waals surface area contributed by atoms with Gasteiger partial charge in [0.1, 0.15) is 5.76 Å². The summed E-state index contributed by atoms with van der Waals surface area (Å²) in [7, 11) is 1.54. The molecule has 1 saturated heterocycles. The van der Waals surface area contributed by atoms with Gasteiger partial charge in [0.05, 0.1) is 16.5 Å². The van der Waals surface area contributed by atoms with Crippen molar-refractivity contribution in [2.24, 2.45) is 0 Å². The molecule has 1 heterocycles. The van der Waals surface area contributed by atoms with Gasteiger partial charge in [0, 0.05) is 38.0 Å². The summed E-state index contributed by atoms with van der Waals surface area (Å²) in [5.41, 5.74) is 0.777. The van der Waals surface area contributed by atoms with E-state index < -0.39 is 22.7 Å². The van der Waals surface area contributed by atoms with Crippen LogP contribution in [-0.4, -0.2) is 46.9 Å². The molecule has 2 aromatic rings. The molecule has 150 valence electrons. The predicted octanol–water partition coefficient (Wildman–Crippen LogP) is 3.05. The van der Waals surface area contributed by atoms with Crippen LogP contribution in [0.2, 0.25) is 0 Å². The Kier molecular flexibility index (Phi) is 6.04. The topological polar surface area (TPSA) is 110 Å². The van der Waals surface area contributed by atoms with Gasteiger partial charge in [-0.05, 0) is 24.1 Å². The van der Waals surface area contributed by atoms with Crippen molar-refractivity contribution < 1.29 is 24.4 Å². The molecule has 0 radical (unpaired) electrons. The minimum atomic E-state index is -0.840. The van der Waals surface area contributed by atoms with Gasteiger partial charge in [0.15, 0.2) is 0 Å². The third-order valence-electron chi connectivity index (χ3n) is 4.75. The van der Waals surface area contributed by atoms with E-state index in [1.54, 1.807) is 30.3 Å². The molecule has 29 heavy (non-hydrogen) atoms. The molecule has 8 nitrogen and oxygen atoms in total. The lowest BCUT2D eigenvalue weighted by Gasteiger charge is -2.25. The number of carbonyl (C=O) groups excluding carboxylic acids is 2. The van der Waals surface area contributed by atoms with Crippen LogP contribution in [0.4, 0.5) is 5.69 Å². The molecule has 1 unspecified atom stereocenters. The second-order valence-corrected chi connectivity index (χ2v) is 6.55. The largest absolute Gasteiger partial charge is 0.507 e. The molecule has 0 aromatic heterocycles. The van der Waals surface area contributed by atoms with Crippen LogP contribution in [0.15, 0.2) is 60.2 Å². The molecule has 2 aromatic carbocycles. The molecule has 1 aliphatic rings. The van der Waals surface area contributed by atoms with Crippen molar-refractivity contribution in [3.63, 3.8) is 0 Å². The number of aliphatic hydroxyl groups excluding tert-OH is 1. The Bertz CT molecular complexity index is 953. The zero-order valence-corrected chi connectivity index (χ0v) is 15.8. The number of rotatable bonds is 7. The second-order valence-electron chi connectivity index (χ2n) is 6.55. The highest BCUT2D eigenvalue weighted by atomic mass is 16.6. The standard InChI is InChI=1S/C21H20N2O6/c1-29-13-5-12-22-18(14-8-10-16(11-9-14)23(27)28)17(20(25)21(22)26)19(24)15-6-3-2-4-7-15/h2-4,6-11,18,24H,5,12-13H2,1H3/b19-17-. The van der Waals surface area contributed by atoms with E-state index in [0.29, 0.717) is 24.2 Å². The second kappa shape index (κ2) is 8.66. The van der Waals surface area contributed by atoms with Gasteiger partial charge in [-0.2, -0.15) is 0 Å². The maximum atomic E-state index is 12.8. The molecule has 1 N–H and O–H groups in total. The third kappa shape index (κ3) is 4.02. The first-order chi connectivity index (χ1) is 14.0. The van der Waals surface area contributed by atoms with Gasteiger partial charge in [-0.25, -0.2) is 0 Å². The first-order valence-corrected chi connectivity index (χ1v) is 9.02. The van der Waals surface area contributed by atoms with Crippen LogP contribution >= 0.6 is 0 Å². The lowest BCUT2D eigenvalue weighted by Crippen LogP contribution is -2.31. The number of ketones is 1. The highest BCUT2D eigenvalue weighted by molar-refractivity contribution is 6.46. The van der Waals surface area contributed by atoms with E-state index in [-0.39, 0.29) is 23.6 Å². The lowest BCUT2D eigenvalue weighted by atomic mass is 9.95. The number of hydrogen-bond donors (Lipinski definition) is 1. The highest BCUT2D eigenvalue weighted by Crippen LogP contribution is 2.39. The Balaban J connectivity index is 2.10. The van der Waals surface area contributed by atoms with Crippen molar-refractivity contribution >= 4 is 23.1 Å². The number of hydrogen-bond acceptors (Lipinski definition) is 6. The summed E-state index contributed by atoms with van der Waals surface area (Å²) in [6.07, 6.45) is 0.498. The molecular weight excluding hydrogens is 376 g/mol. The van der Waals surface area contributed by atoms with Crippen LogP contribution in [0.5, 0.6) is 0 Å². The maximum absolute atomic E-state index is 12.8. The van der Waals surface area contributed by atoms with Gasteiger partial charge in [0.25, 0.3) is 17.4 Å². The Hall–Kier alpha value is -3.52. The van der Waals surface area contributed by atoms with Gasteiger partial charge in [-0.1, -0.05) is 30.3 Å². The van der Waals surface area contributed by atoms with Crippen LogP contribution in [0, 0.1) is 10.1 Å². The monoisotopic (exact) mass is 396 g/mol. The maximum Gasteiger partial charge on any atom is 0.295 e. The molecule has 1 fully saturated rings. The van der Waals surface area contributed by atoms with Crippen LogP contribution in [-0.2, 0) is 14.3 Å². The van der Waals surface area contributed by atoms with Crippen LogP contribution in [0.3, 0.4) is 0 Å². The average Bonchev–Trinajstić information content (AvgIpc) is 2.99. The number of likely N-dealkylation sites (tertiary alicyclic amines) is 1. The Morgan fingerprint density at radius 1 is 1.14 bits per heavy atom. The molecule has 0 bridgehead atoms. The summed E-state index contributed by atoms with van der Waals surface area (Å²) < 4.78 is 5.03. The smallest absolute Gasteiger partial charge is 0.295 e. The number of methoxy groups -OCH3 is 1. The molecule has 1 amide bonds.